The van der Waals surface area contributed by atoms with Crippen molar-refractivity contribution in [3.63, 3.8) is 0 Å². The van der Waals surface area contributed by atoms with E-state index in [2.05, 4.69) is 11.4 Å². The molecule has 0 bridgehead atoms. The van der Waals surface area contributed by atoms with Crippen molar-refractivity contribution < 1.29 is 4.74 Å². The summed E-state index contributed by atoms with van der Waals surface area (Å²) < 4.78 is 6.20. The molecule has 0 amide bonds. The summed E-state index contributed by atoms with van der Waals surface area (Å²) in [6, 6.07) is 12.5. The number of hydrogen-bond donors (Lipinski definition) is 1. The Balaban J connectivity index is 1.65. The summed E-state index contributed by atoms with van der Waals surface area (Å²) in [5.41, 5.74) is 3.08. The number of halogens is 2. The minimum Gasteiger partial charge on any atom is -0.488 e. The molecule has 2 nitrogen and oxygen atoms in total. The third-order valence-electron chi connectivity index (χ3n) is 4.27. The van der Waals surface area contributed by atoms with Gasteiger partial charge in [0.15, 0.2) is 0 Å². The number of hydrogen-bond acceptors (Lipinski definition) is 2. The third-order valence-corrected chi connectivity index (χ3v) is 4.90. The molecule has 1 heterocycles. The first-order chi connectivity index (χ1) is 10.7. The standard InChI is InChI=1S/C18H17Cl2NO/c19-15-5-2-6-16(20)17(15)14-4-1-3-11-9-13(22-18(11)14)10-21-12-7-8-12/h1-6,12-13,21H,7-10H2. The first-order valence-corrected chi connectivity index (χ1v) is 8.44. The zero-order chi connectivity index (χ0) is 15.1. The minimum absolute atomic E-state index is 0.193. The molecule has 0 aromatic heterocycles. The van der Waals surface area contributed by atoms with Crippen LogP contribution in [0.3, 0.4) is 0 Å². The Morgan fingerprint density at radius 1 is 1.05 bits per heavy atom. The fourth-order valence-corrected chi connectivity index (χ4v) is 3.59. The number of benzene rings is 2. The highest BCUT2D eigenvalue weighted by Crippen LogP contribution is 2.44. The van der Waals surface area contributed by atoms with E-state index in [0.29, 0.717) is 16.1 Å². The first kappa shape index (κ1) is 14.4. The van der Waals surface area contributed by atoms with E-state index in [-0.39, 0.29) is 6.10 Å². The summed E-state index contributed by atoms with van der Waals surface area (Å²) in [4.78, 5) is 0. The van der Waals surface area contributed by atoms with Crippen LogP contribution in [0.5, 0.6) is 5.75 Å². The molecule has 1 fully saturated rings. The average molecular weight is 334 g/mol. The second-order valence-electron chi connectivity index (χ2n) is 6.02. The fourth-order valence-electron chi connectivity index (χ4n) is 2.99. The second-order valence-corrected chi connectivity index (χ2v) is 6.83. The quantitative estimate of drug-likeness (QED) is 0.874. The summed E-state index contributed by atoms with van der Waals surface area (Å²) >= 11 is 12.7. The maximum Gasteiger partial charge on any atom is 0.131 e. The van der Waals surface area contributed by atoms with E-state index in [1.54, 1.807) is 0 Å². The Bertz CT molecular complexity index is 692. The number of fused-ring (bicyclic) bond motifs is 1. The third kappa shape index (κ3) is 2.71. The zero-order valence-electron chi connectivity index (χ0n) is 12.1. The molecule has 4 heteroatoms. The van der Waals surface area contributed by atoms with E-state index < -0.39 is 0 Å². The van der Waals surface area contributed by atoms with Crippen molar-refractivity contribution in [3.8, 4) is 16.9 Å². The van der Waals surface area contributed by atoms with E-state index in [9.17, 15) is 0 Å². The topological polar surface area (TPSA) is 21.3 Å². The van der Waals surface area contributed by atoms with Crippen LogP contribution in [0, 0.1) is 0 Å². The lowest BCUT2D eigenvalue weighted by atomic mass is 10.0. The van der Waals surface area contributed by atoms with E-state index in [1.807, 2.05) is 30.3 Å². The number of ether oxygens (including phenoxy) is 1. The van der Waals surface area contributed by atoms with Crippen LogP contribution in [0.25, 0.3) is 11.1 Å². The van der Waals surface area contributed by atoms with Gasteiger partial charge in [0.05, 0.1) is 10.0 Å². The molecule has 114 valence electrons. The van der Waals surface area contributed by atoms with Gasteiger partial charge < -0.3 is 10.1 Å². The molecule has 1 aliphatic heterocycles. The Morgan fingerprint density at radius 2 is 1.77 bits per heavy atom. The molecule has 22 heavy (non-hydrogen) atoms. The normalized spacial score (nSPS) is 19.8. The Morgan fingerprint density at radius 3 is 2.50 bits per heavy atom. The maximum atomic E-state index is 6.36. The Hall–Kier alpha value is -1.22. The van der Waals surface area contributed by atoms with Crippen molar-refractivity contribution >= 4 is 23.2 Å². The molecular formula is C18H17Cl2NO. The molecule has 0 spiro atoms. The highest BCUT2D eigenvalue weighted by Gasteiger charge is 2.29. The molecular weight excluding hydrogens is 317 g/mol. The van der Waals surface area contributed by atoms with Crippen LogP contribution in [-0.4, -0.2) is 18.7 Å². The summed E-state index contributed by atoms with van der Waals surface area (Å²) in [5.74, 6) is 0.931. The lowest BCUT2D eigenvalue weighted by Gasteiger charge is -2.14. The van der Waals surface area contributed by atoms with Crippen LogP contribution in [0.4, 0.5) is 0 Å². The zero-order valence-corrected chi connectivity index (χ0v) is 13.6. The smallest absolute Gasteiger partial charge is 0.131 e. The summed E-state index contributed by atoms with van der Waals surface area (Å²) in [6.45, 7) is 0.898. The van der Waals surface area contributed by atoms with Crippen LogP contribution in [0.1, 0.15) is 18.4 Å². The van der Waals surface area contributed by atoms with Gasteiger partial charge in [-0.25, -0.2) is 0 Å². The molecule has 1 N–H and O–H groups in total. The van der Waals surface area contributed by atoms with E-state index in [4.69, 9.17) is 27.9 Å². The van der Waals surface area contributed by atoms with Gasteiger partial charge in [-0.3, -0.25) is 0 Å². The Kier molecular flexibility index (Phi) is 3.77. The summed E-state index contributed by atoms with van der Waals surface area (Å²) in [6.07, 6.45) is 3.71. The van der Waals surface area contributed by atoms with E-state index in [0.717, 1.165) is 29.8 Å². The monoisotopic (exact) mass is 333 g/mol. The molecule has 0 saturated heterocycles. The SMILES string of the molecule is Clc1cccc(Cl)c1-c1cccc2c1OC(CNC1CC1)C2. The minimum atomic E-state index is 0.193. The number of para-hydroxylation sites is 1. The molecule has 2 aromatic carbocycles. The predicted molar refractivity (Wildman–Crippen MR) is 91.0 cm³/mol. The van der Waals surface area contributed by atoms with Gasteiger partial charge in [-0.15, -0.1) is 0 Å². The van der Waals surface area contributed by atoms with Gasteiger partial charge in [-0.2, -0.15) is 0 Å². The van der Waals surface area contributed by atoms with Crippen molar-refractivity contribution in [3.05, 3.63) is 52.0 Å². The van der Waals surface area contributed by atoms with Gasteiger partial charge in [-0.05, 0) is 30.5 Å². The molecule has 1 aliphatic carbocycles. The number of nitrogens with one attached hydrogen (secondary N) is 1. The van der Waals surface area contributed by atoms with Crippen molar-refractivity contribution in [1.82, 2.24) is 5.32 Å². The average Bonchev–Trinajstić information content (AvgIpc) is 3.23. The largest absolute Gasteiger partial charge is 0.488 e. The molecule has 1 saturated carbocycles. The van der Waals surface area contributed by atoms with Crippen LogP contribution >= 0.6 is 23.2 Å². The molecule has 2 aromatic rings. The van der Waals surface area contributed by atoms with Crippen LogP contribution in [-0.2, 0) is 6.42 Å². The molecule has 4 rings (SSSR count). The molecule has 1 atom stereocenters. The highest BCUT2D eigenvalue weighted by molar-refractivity contribution is 6.39. The van der Waals surface area contributed by atoms with Gasteiger partial charge in [0.25, 0.3) is 0 Å². The van der Waals surface area contributed by atoms with Crippen molar-refractivity contribution in [2.24, 2.45) is 0 Å². The van der Waals surface area contributed by atoms with Gasteiger partial charge in [-0.1, -0.05) is 47.5 Å². The van der Waals surface area contributed by atoms with Gasteiger partial charge >= 0.3 is 0 Å². The van der Waals surface area contributed by atoms with Crippen molar-refractivity contribution in [2.75, 3.05) is 6.54 Å². The van der Waals surface area contributed by atoms with Crippen LogP contribution < -0.4 is 10.1 Å². The molecule has 0 radical (unpaired) electrons. The van der Waals surface area contributed by atoms with E-state index >= 15 is 0 Å². The van der Waals surface area contributed by atoms with Gasteiger partial charge in [0.2, 0.25) is 0 Å². The summed E-state index contributed by atoms with van der Waals surface area (Å²) in [7, 11) is 0. The van der Waals surface area contributed by atoms with Crippen LogP contribution in [0.15, 0.2) is 36.4 Å². The van der Waals surface area contributed by atoms with Crippen LogP contribution in [0.2, 0.25) is 10.0 Å². The van der Waals surface area contributed by atoms with Crippen molar-refractivity contribution in [1.29, 1.82) is 0 Å². The lowest BCUT2D eigenvalue weighted by Crippen LogP contribution is -2.31. The lowest BCUT2D eigenvalue weighted by molar-refractivity contribution is 0.228. The summed E-state index contributed by atoms with van der Waals surface area (Å²) in [5, 5.41) is 4.85. The second kappa shape index (κ2) is 5.77. The highest BCUT2D eigenvalue weighted by atomic mass is 35.5. The van der Waals surface area contributed by atoms with Gasteiger partial charge in [0.1, 0.15) is 11.9 Å². The maximum absolute atomic E-state index is 6.36. The van der Waals surface area contributed by atoms with Crippen molar-refractivity contribution in [2.45, 2.75) is 31.4 Å². The fraction of sp³-hybridized carbons (Fsp3) is 0.333. The molecule has 1 unspecified atom stereocenters. The predicted octanol–water partition coefficient (Wildman–Crippen LogP) is 4.72. The number of rotatable bonds is 4. The molecule has 2 aliphatic rings. The van der Waals surface area contributed by atoms with Gasteiger partial charge in [0, 0.05) is 30.1 Å². The first-order valence-electron chi connectivity index (χ1n) is 7.68. The Labute approximate surface area is 140 Å². The van der Waals surface area contributed by atoms with E-state index in [1.165, 1.54) is 18.4 Å².